The van der Waals surface area contributed by atoms with Crippen molar-refractivity contribution in [3.05, 3.63) is 123 Å². The molecule has 4 aromatic rings. The minimum atomic E-state index is -0.942. The minimum Gasteiger partial charge on any atom is -0.493 e. The molecule has 0 bridgehead atoms. The van der Waals surface area contributed by atoms with Crippen molar-refractivity contribution in [3.8, 4) is 17.2 Å². The van der Waals surface area contributed by atoms with Gasteiger partial charge in [0.1, 0.15) is 18.4 Å². The highest BCUT2D eigenvalue weighted by atomic mass is 35.5. The molecule has 0 aliphatic rings. The first kappa shape index (κ1) is 32.4. The monoisotopic (exact) mass is 633 g/mol. The van der Waals surface area contributed by atoms with Crippen LogP contribution >= 0.6 is 23.2 Å². The van der Waals surface area contributed by atoms with Gasteiger partial charge >= 0.3 is 0 Å². The SMILES string of the molecule is COc1cc(/C=N\NC(=O)[C@@H](Cc2ccccc2)NC(=O)[C@@H](C)Oc2ccc(Cl)cc2Cl)ccc1OCc1cccc(C)c1. The highest BCUT2D eigenvalue weighted by molar-refractivity contribution is 6.35. The highest BCUT2D eigenvalue weighted by Gasteiger charge is 2.25. The molecule has 44 heavy (non-hydrogen) atoms. The minimum absolute atomic E-state index is 0.239. The van der Waals surface area contributed by atoms with E-state index in [1.807, 2.05) is 55.5 Å². The predicted octanol–water partition coefficient (Wildman–Crippen LogP) is 6.53. The smallest absolute Gasteiger partial charge is 0.262 e. The van der Waals surface area contributed by atoms with Gasteiger partial charge in [-0.3, -0.25) is 9.59 Å². The number of benzene rings is 4. The third-order valence-electron chi connectivity index (χ3n) is 6.54. The largest absolute Gasteiger partial charge is 0.493 e. The number of aryl methyl sites for hydroxylation is 1. The Kier molecular flexibility index (Phi) is 11.6. The zero-order valence-electron chi connectivity index (χ0n) is 24.6. The fourth-order valence-corrected chi connectivity index (χ4v) is 4.71. The molecule has 0 saturated carbocycles. The fourth-order valence-electron chi connectivity index (χ4n) is 4.26. The third kappa shape index (κ3) is 9.49. The second-order valence-electron chi connectivity index (χ2n) is 10.0. The number of amides is 2. The zero-order chi connectivity index (χ0) is 31.5. The first-order valence-electron chi connectivity index (χ1n) is 13.9. The van der Waals surface area contributed by atoms with Crippen molar-refractivity contribution in [2.45, 2.75) is 39.0 Å². The second kappa shape index (κ2) is 15.8. The third-order valence-corrected chi connectivity index (χ3v) is 7.07. The Bertz CT molecular complexity index is 1610. The molecule has 4 rings (SSSR count). The molecule has 0 aromatic heterocycles. The summed E-state index contributed by atoms with van der Waals surface area (Å²) >= 11 is 12.1. The van der Waals surface area contributed by atoms with E-state index in [1.165, 1.54) is 12.3 Å². The standard InChI is InChI=1S/C34H33Cl2N3O5/c1-22-8-7-11-26(16-22)21-43-31-14-12-25(18-32(31)42-3)20-37-39-34(41)29(17-24-9-5-4-6-10-24)38-33(40)23(2)44-30-15-13-27(35)19-28(30)36/h4-16,18-20,23,29H,17,21H2,1-3H3,(H,38,40)(H,39,41)/b37-20-/t23-,29-/m1/s1. The van der Waals surface area contributed by atoms with E-state index in [1.54, 1.807) is 44.4 Å². The summed E-state index contributed by atoms with van der Waals surface area (Å²) in [6.45, 7) is 3.99. The van der Waals surface area contributed by atoms with E-state index in [0.717, 1.165) is 16.7 Å². The molecule has 0 spiro atoms. The summed E-state index contributed by atoms with van der Waals surface area (Å²) < 4.78 is 17.2. The number of hydrazone groups is 1. The molecule has 0 fully saturated rings. The van der Waals surface area contributed by atoms with Crippen LogP contribution in [0, 0.1) is 6.92 Å². The summed E-state index contributed by atoms with van der Waals surface area (Å²) in [6.07, 6.45) is 0.784. The molecule has 0 radical (unpaired) electrons. The molecule has 0 aliphatic heterocycles. The van der Waals surface area contributed by atoms with E-state index < -0.39 is 24.0 Å². The van der Waals surface area contributed by atoms with Gasteiger partial charge in [0.05, 0.1) is 18.3 Å². The lowest BCUT2D eigenvalue weighted by Crippen LogP contribution is -2.50. The molecule has 2 amide bonds. The molecule has 2 N–H and O–H groups in total. The summed E-state index contributed by atoms with van der Waals surface area (Å²) in [4.78, 5) is 26.2. The van der Waals surface area contributed by atoms with Gasteiger partial charge in [0.25, 0.3) is 11.8 Å². The van der Waals surface area contributed by atoms with Gasteiger partial charge in [0, 0.05) is 11.4 Å². The first-order valence-corrected chi connectivity index (χ1v) is 14.6. The lowest BCUT2D eigenvalue weighted by molar-refractivity contribution is -0.132. The van der Waals surface area contributed by atoms with Crippen molar-refractivity contribution in [2.75, 3.05) is 7.11 Å². The molecule has 228 valence electrons. The Morgan fingerprint density at radius 1 is 0.864 bits per heavy atom. The van der Waals surface area contributed by atoms with Crippen LogP contribution in [0.3, 0.4) is 0 Å². The van der Waals surface area contributed by atoms with Crippen LogP contribution in [0.2, 0.25) is 10.0 Å². The van der Waals surface area contributed by atoms with Crippen LogP contribution in [0.4, 0.5) is 0 Å². The molecule has 0 heterocycles. The van der Waals surface area contributed by atoms with Gasteiger partial charge < -0.3 is 19.5 Å². The number of halogens is 2. The topological polar surface area (TPSA) is 98.2 Å². The van der Waals surface area contributed by atoms with Gasteiger partial charge in [-0.15, -0.1) is 0 Å². The number of carbonyl (C=O) groups is 2. The molecule has 0 aliphatic carbocycles. The van der Waals surface area contributed by atoms with Gasteiger partial charge in [-0.25, -0.2) is 5.43 Å². The van der Waals surface area contributed by atoms with Crippen molar-refractivity contribution >= 4 is 41.2 Å². The van der Waals surface area contributed by atoms with Crippen LogP contribution < -0.4 is 25.0 Å². The van der Waals surface area contributed by atoms with Gasteiger partial charge in [-0.2, -0.15) is 5.10 Å². The van der Waals surface area contributed by atoms with Gasteiger partial charge in [-0.05, 0) is 66.9 Å². The number of nitrogens with one attached hydrogen (secondary N) is 2. The maximum atomic E-state index is 13.2. The van der Waals surface area contributed by atoms with Gasteiger partial charge in [0.2, 0.25) is 0 Å². The molecule has 0 unspecified atom stereocenters. The van der Waals surface area contributed by atoms with E-state index in [2.05, 4.69) is 21.9 Å². The first-order chi connectivity index (χ1) is 21.2. The van der Waals surface area contributed by atoms with E-state index in [0.29, 0.717) is 34.4 Å². The second-order valence-corrected chi connectivity index (χ2v) is 10.9. The van der Waals surface area contributed by atoms with E-state index in [9.17, 15) is 9.59 Å². The van der Waals surface area contributed by atoms with Crippen LogP contribution in [-0.2, 0) is 22.6 Å². The number of carbonyl (C=O) groups excluding carboxylic acids is 2. The Morgan fingerprint density at radius 2 is 1.61 bits per heavy atom. The van der Waals surface area contributed by atoms with E-state index in [4.69, 9.17) is 37.4 Å². The zero-order valence-corrected chi connectivity index (χ0v) is 26.1. The van der Waals surface area contributed by atoms with Crippen molar-refractivity contribution in [1.29, 1.82) is 0 Å². The molecule has 8 nitrogen and oxygen atoms in total. The van der Waals surface area contributed by atoms with Crippen LogP contribution in [0.15, 0.2) is 96.1 Å². The van der Waals surface area contributed by atoms with E-state index in [-0.39, 0.29) is 11.4 Å². The number of ether oxygens (including phenoxy) is 3. The number of rotatable bonds is 13. The summed E-state index contributed by atoms with van der Waals surface area (Å²) in [7, 11) is 1.56. The number of methoxy groups -OCH3 is 1. The van der Waals surface area contributed by atoms with Crippen molar-refractivity contribution in [1.82, 2.24) is 10.7 Å². The normalized spacial score (nSPS) is 12.3. The van der Waals surface area contributed by atoms with Crippen LogP contribution in [-0.4, -0.2) is 37.3 Å². The van der Waals surface area contributed by atoms with Crippen LogP contribution in [0.1, 0.15) is 29.2 Å². The van der Waals surface area contributed by atoms with Crippen LogP contribution in [0.5, 0.6) is 17.2 Å². The lowest BCUT2D eigenvalue weighted by Gasteiger charge is -2.21. The quantitative estimate of drug-likeness (QED) is 0.129. The molecular formula is C34H33Cl2N3O5. The molecule has 2 atom stereocenters. The fraction of sp³-hybridized carbons (Fsp3) is 0.206. The summed E-state index contributed by atoms with van der Waals surface area (Å²) in [5.41, 5.74) is 6.27. The Balaban J connectivity index is 1.40. The summed E-state index contributed by atoms with van der Waals surface area (Å²) in [5, 5.41) is 7.60. The molecule has 0 saturated heterocycles. The van der Waals surface area contributed by atoms with Crippen molar-refractivity contribution in [3.63, 3.8) is 0 Å². The van der Waals surface area contributed by atoms with Crippen LogP contribution in [0.25, 0.3) is 0 Å². The molecular weight excluding hydrogens is 601 g/mol. The van der Waals surface area contributed by atoms with Gasteiger partial charge in [0.15, 0.2) is 17.6 Å². The molecule has 10 heteroatoms. The highest BCUT2D eigenvalue weighted by Crippen LogP contribution is 2.29. The average molecular weight is 635 g/mol. The predicted molar refractivity (Wildman–Crippen MR) is 173 cm³/mol. The molecule has 4 aromatic carbocycles. The summed E-state index contributed by atoms with van der Waals surface area (Å²) in [5.74, 6) is 0.408. The lowest BCUT2D eigenvalue weighted by atomic mass is 10.1. The maximum absolute atomic E-state index is 13.2. The average Bonchev–Trinajstić information content (AvgIpc) is 3.01. The Morgan fingerprint density at radius 3 is 2.34 bits per heavy atom. The van der Waals surface area contributed by atoms with Crippen molar-refractivity contribution < 1.29 is 23.8 Å². The number of hydrogen-bond acceptors (Lipinski definition) is 6. The summed E-state index contributed by atoms with van der Waals surface area (Å²) in [6, 6.07) is 26.5. The number of nitrogens with zero attached hydrogens (tertiary/aromatic N) is 1. The maximum Gasteiger partial charge on any atom is 0.262 e. The Hall–Kier alpha value is -4.53. The van der Waals surface area contributed by atoms with Gasteiger partial charge in [-0.1, -0.05) is 83.4 Å². The number of hydrogen-bond donors (Lipinski definition) is 2. The van der Waals surface area contributed by atoms with E-state index >= 15 is 0 Å². The van der Waals surface area contributed by atoms with Crippen molar-refractivity contribution in [2.24, 2.45) is 5.10 Å². The Labute approximate surface area is 266 Å².